The third kappa shape index (κ3) is 4.61. The smallest absolute Gasteiger partial charge is 0.264 e. The van der Waals surface area contributed by atoms with E-state index < -0.39 is 11.6 Å². The Morgan fingerprint density at radius 2 is 1.76 bits per heavy atom. The predicted octanol–water partition coefficient (Wildman–Crippen LogP) is 2.42. The summed E-state index contributed by atoms with van der Waals surface area (Å²) in [5, 5.41) is 4.35. The highest BCUT2D eigenvalue weighted by Gasteiger charge is 2.23. The Bertz CT molecular complexity index is 739. The summed E-state index contributed by atoms with van der Waals surface area (Å²) in [5.74, 6) is -1.82. The Labute approximate surface area is 147 Å². The zero-order valence-electron chi connectivity index (χ0n) is 13.4. The van der Waals surface area contributed by atoms with Gasteiger partial charge >= 0.3 is 0 Å². The lowest BCUT2D eigenvalue weighted by molar-refractivity contribution is -0.117. The molecule has 5 nitrogen and oxygen atoms in total. The number of halogens is 2. The first-order valence-corrected chi connectivity index (χ1v) is 8.70. The molecule has 0 aliphatic carbocycles. The molecule has 1 aromatic carbocycles. The third-order valence-electron chi connectivity index (χ3n) is 3.90. The van der Waals surface area contributed by atoms with Crippen LogP contribution in [0.15, 0.2) is 35.7 Å². The van der Waals surface area contributed by atoms with Crippen molar-refractivity contribution in [3.05, 3.63) is 52.2 Å². The van der Waals surface area contributed by atoms with Crippen molar-refractivity contribution in [2.75, 3.05) is 38.0 Å². The molecule has 8 heteroatoms. The quantitative estimate of drug-likeness (QED) is 0.905. The van der Waals surface area contributed by atoms with Crippen molar-refractivity contribution in [3.8, 4) is 0 Å². The first kappa shape index (κ1) is 17.5. The normalized spacial score (nSPS) is 15.2. The second-order valence-electron chi connectivity index (χ2n) is 5.75. The topological polar surface area (TPSA) is 52.7 Å². The summed E-state index contributed by atoms with van der Waals surface area (Å²) in [6, 6.07) is 6.52. The Kier molecular flexibility index (Phi) is 5.40. The second-order valence-corrected chi connectivity index (χ2v) is 6.70. The standard InChI is InChI=1S/C17H17F2N3O2S/c18-12-8-13(19)10-14(9-12)20-16(23)11-21-3-5-22(6-4-21)17(24)15-2-1-7-25-15/h1-2,7-10H,3-6,11H2,(H,20,23). The molecule has 0 radical (unpaired) electrons. The average Bonchev–Trinajstić information content (AvgIpc) is 3.08. The van der Waals surface area contributed by atoms with E-state index in [0.29, 0.717) is 31.1 Å². The fraction of sp³-hybridized carbons (Fsp3) is 0.294. The van der Waals surface area contributed by atoms with Gasteiger partial charge < -0.3 is 10.2 Å². The van der Waals surface area contributed by atoms with Crippen LogP contribution in [0.4, 0.5) is 14.5 Å². The van der Waals surface area contributed by atoms with E-state index in [1.807, 2.05) is 16.3 Å². The van der Waals surface area contributed by atoms with Crippen LogP contribution in [0.5, 0.6) is 0 Å². The molecule has 0 bridgehead atoms. The maximum absolute atomic E-state index is 13.1. The van der Waals surface area contributed by atoms with Crippen LogP contribution in [-0.2, 0) is 4.79 Å². The van der Waals surface area contributed by atoms with Gasteiger partial charge in [0.2, 0.25) is 5.91 Å². The summed E-state index contributed by atoms with van der Waals surface area (Å²) < 4.78 is 26.3. The molecule has 3 rings (SSSR count). The lowest BCUT2D eigenvalue weighted by atomic mass is 10.2. The number of thiophene rings is 1. The SMILES string of the molecule is O=C(CN1CCN(C(=O)c2cccs2)CC1)Nc1cc(F)cc(F)c1. The molecule has 2 amide bonds. The number of hydrogen-bond donors (Lipinski definition) is 1. The van der Waals surface area contributed by atoms with Crippen molar-refractivity contribution >= 4 is 28.8 Å². The van der Waals surface area contributed by atoms with Gasteiger partial charge in [-0.25, -0.2) is 8.78 Å². The molecular weight excluding hydrogens is 348 g/mol. The maximum atomic E-state index is 13.1. The molecule has 0 atom stereocenters. The first-order valence-electron chi connectivity index (χ1n) is 7.82. The molecule has 1 aliphatic rings. The summed E-state index contributed by atoms with van der Waals surface area (Å²) >= 11 is 1.41. The van der Waals surface area contributed by atoms with Gasteiger partial charge in [-0.1, -0.05) is 6.07 Å². The third-order valence-corrected chi connectivity index (χ3v) is 4.76. The van der Waals surface area contributed by atoms with Gasteiger partial charge in [0, 0.05) is 37.9 Å². The molecule has 1 saturated heterocycles. The number of carbonyl (C=O) groups excluding carboxylic acids is 2. The first-order chi connectivity index (χ1) is 12.0. The van der Waals surface area contributed by atoms with Crippen molar-refractivity contribution in [1.29, 1.82) is 0 Å². The molecule has 2 aromatic rings. The zero-order valence-corrected chi connectivity index (χ0v) is 14.2. The van der Waals surface area contributed by atoms with Gasteiger partial charge in [0.1, 0.15) is 11.6 Å². The highest BCUT2D eigenvalue weighted by Crippen LogP contribution is 2.15. The fourth-order valence-corrected chi connectivity index (χ4v) is 3.39. The van der Waals surface area contributed by atoms with Crippen molar-refractivity contribution in [1.82, 2.24) is 9.80 Å². The van der Waals surface area contributed by atoms with E-state index >= 15 is 0 Å². The molecule has 0 spiro atoms. The minimum Gasteiger partial charge on any atom is -0.335 e. The molecule has 1 fully saturated rings. The lowest BCUT2D eigenvalue weighted by Crippen LogP contribution is -2.50. The number of benzene rings is 1. The molecule has 1 aliphatic heterocycles. The van der Waals surface area contributed by atoms with E-state index in [-0.39, 0.29) is 24.0 Å². The molecule has 1 aromatic heterocycles. The van der Waals surface area contributed by atoms with Crippen molar-refractivity contribution < 1.29 is 18.4 Å². The number of hydrogen-bond acceptors (Lipinski definition) is 4. The molecule has 25 heavy (non-hydrogen) atoms. The Morgan fingerprint density at radius 3 is 2.36 bits per heavy atom. The summed E-state index contributed by atoms with van der Waals surface area (Å²) in [4.78, 5) is 28.7. The molecule has 1 N–H and O–H groups in total. The minimum absolute atomic E-state index is 0.00865. The van der Waals surface area contributed by atoms with Gasteiger partial charge in [-0.3, -0.25) is 14.5 Å². The van der Waals surface area contributed by atoms with Crippen molar-refractivity contribution in [2.24, 2.45) is 0 Å². The maximum Gasteiger partial charge on any atom is 0.264 e. The summed E-state index contributed by atoms with van der Waals surface area (Å²) in [6.07, 6.45) is 0. The minimum atomic E-state index is -0.740. The number of nitrogens with zero attached hydrogens (tertiary/aromatic N) is 2. The summed E-state index contributed by atoms with van der Waals surface area (Å²) in [7, 11) is 0. The van der Waals surface area contributed by atoms with Crippen molar-refractivity contribution in [2.45, 2.75) is 0 Å². The summed E-state index contributed by atoms with van der Waals surface area (Å²) in [6.45, 7) is 2.33. The van der Waals surface area contributed by atoms with E-state index in [4.69, 9.17) is 0 Å². The highest BCUT2D eigenvalue weighted by atomic mass is 32.1. The van der Waals surface area contributed by atoms with Gasteiger partial charge in [-0.15, -0.1) is 11.3 Å². The molecule has 0 saturated carbocycles. The molecule has 0 unspecified atom stereocenters. The van der Waals surface area contributed by atoms with Crippen LogP contribution in [0.25, 0.3) is 0 Å². The number of carbonyl (C=O) groups is 2. The average molecular weight is 365 g/mol. The van der Waals surface area contributed by atoms with Gasteiger partial charge in [0.15, 0.2) is 0 Å². The van der Waals surface area contributed by atoms with Gasteiger partial charge in [-0.2, -0.15) is 0 Å². The van der Waals surface area contributed by atoms with E-state index in [2.05, 4.69) is 5.32 Å². The molecule has 2 heterocycles. The zero-order chi connectivity index (χ0) is 17.8. The van der Waals surface area contributed by atoms with E-state index in [1.54, 1.807) is 11.0 Å². The highest BCUT2D eigenvalue weighted by molar-refractivity contribution is 7.12. The van der Waals surface area contributed by atoms with E-state index in [0.717, 1.165) is 18.2 Å². The molecule has 132 valence electrons. The van der Waals surface area contributed by atoms with E-state index in [1.165, 1.54) is 11.3 Å². The van der Waals surface area contributed by atoms with E-state index in [9.17, 15) is 18.4 Å². The van der Waals surface area contributed by atoms with Crippen LogP contribution in [-0.4, -0.2) is 54.3 Å². The van der Waals surface area contributed by atoms with Crippen LogP contribution in [0, 0.1) is 11.6 Å². The number of anilines is 1. The number of rotatable bonds is 4. The van der Waals surface area contributed by atoms with Gasteiger partial charge in [0.25, 0.3) is 5.91 Å². The van der Waals surface area contributed by atoms with Crippen LogP contribution in [0.3, 0.4) is 0 Å². The Morgan fingerprint density at radius 1 is 1.08 bits per heavy atom. The lowest BCUT2D eigenvalue weighted by Gasteiger charge is -2.34. The van der Waals surface area contributed by atoms with Crippen LogP contribution in [0.2, 0.25) is 0 Å². The molecular formula is C17H17F2N3O2S. The monoisotopic (exact) mass is 365 g/mol. The number of piperazine rings is 1. The van der Waals surface area contributed by atoms with Gasteiger partial charge in [-0.05, 0) is 23.6 Å². The Hall–Kier alpha value is -2.32. The summed E-state index contributed by atoms with van der Waals surface area (Å²) in [5.41, 5.74) is 0.0917. The van der Waals surface area contributed by atoms with Gasteiger partial charge in [0.05, 0.1) is 11.4 Å². The number of nitrogens with one attached hydrogen (secondary N) is 1. The second kappa shape index (κ2) is 7.71. The van der Waals surface area contributed by atoms with Crippen molar-refractivity contribution in [3.63, 3.8) is 0 Å². The van der Waals surface area contributed by atoms with Crippen LogP contribution < -0.4 is 5.32 Å². The fourth-order valence-electron chi connectivity index (χ4n) is 2.69. The number of amides is 2. The largest absolute Gasteiger partial charge is 0.335 e. The van der Waals surface area contributed by atoms with Crippen LogP contribution in [0.1, 0.15) is 9.67 Å². The Balaban J connectivity index is 1.48. The van der Waals surface area contributed by atoms with Crippen LogP contribution >= 0.6 is 11.3 Å². The predicted molar refractivity (Wildman–Crippen MR) is 91.7 cm³/mol.